The van der Waals surface area contributed by atoms with Gasteiger partial charge in [0.1, 0.15) is 4.83 Å². The van der Waals surface area contributed by atoms with Gasteiger partial charge in [-0.1, -0.05) is 29.8 Å². The Morgan fingerprint density at radius 3 is 2.23 bits per heavy atom. The third kappa shape index (κ3) is 7.31. The minimum Gasteiger partial charge on any atom is -0.380 e. The van der Waals surface area contributed by atoms with E-state index < -0.39 is 11.0 Å². The summed E-state index contributed by atoms with van der Waals surface area (Å²) in [6.45, 7) is 4.07. The topological polar surface area (TPSA) is 9.23 Å². The fourth-order valence-corrected chi connectivity index (χ4v) is 0.787. The Labute approximate surface area is 84.8 Å². The lowest BCUT2D eigenvalue weighted by Crippen LogP contribution is -2.27. The van der Waals surface area contributed by atoms with Gasteiger partial charge in [0.25, 0.3) is 0 Å². The SMILES string of the molecule is CC(C)CCOCC(Br)C(F)(F)F. The van der Waals surface area contributed by atoms with E-state index in [4.69, 9.17) is 4.74 Å². The van der Waals surface area contributed by atoms with Gasteiger partial charge in [0, 0.05) is 6.61 Å². The molecule has 80 valence electrons. The lowest BCUT2D eigenvalue weighted by Gasteiger charge is -2.14. The number of hydrogen-bond acceptors (Lipinski definition) is 1. The van der Waals surface area contributed by atoms with E-state index in [9.17, 15) is 13.2 Å². The maximum atomic E-state index is 11.9. The van der Waals surface area contributed by atoms with Crippen molar-refractivity contribution >= 4 is 15.9 Å². The Morgan fingerprint density at radius 1 is 1.31 bits per heavy atom. The number of ether oxygens (including phenoxy) is 1. The Hall–Kier alpha value is 0.230. The molecule has 1 unspecified atom stereocenters. The molecule has 0 aromatic heterocycles. The first-order valence-electron chi connectivity index (χ1n) is 4.12. The number of hydrogen-bond donors (Lipinski definition) is 0. The molecule has 1 atom stereocenters. The molecule has 0 radical (unpaired) electrons. The van der Waals surface area contributed by atoms with Crippen molar-refractivity contribution in [2.45, 2.75) is 31.3 Å². The summed E-state index contributed by atoms with van der Waals surface area (Å²) in [6, 6.07) is 0. The van der Waals surface area contributed by atoms with E-state index in [1.165, 1.54) is 0 Å². The Balaban J connectivity index is 3.43. The molecule has 0 amide bonds. The second kappa shape index (κ2) is 5.86. The smallest absolute Gasteiger partial charge is 0.380 e. The third-order valence-electron chi connectivity index (χ3n) is 1.46. The number of rotatable bonds is 5. The molecular formula is C8H14BrF3O. The molecule has 0 rings (SSSR count). The van der Waals surface area contributed by atoms with Crippen LogP contribution in [0.15, 0.2) is 0 Å². The summed E-state index contributed by atoms with van der Waals surface area (Å²) in [5, 5.41) is 0. The monoisotopic (exact) mass is 262 g/mol. The van der Waals surface area contributed by atoms with Crippen LogP contribution < -0.4 is 0 Å². The van der Waals surface area contributed by atoms with Gasteiger partial charge in [0.05, 0.1) is 6.61 Å². The van der Waals surface area contributed by atoms with Gasteiger partial charge >= 0.3 is 6.18 Å². The van der Waals surface area contributed by atoms with Crippen molar-refractivity contribution < 1.29 is 17.9 Å². The first kappa shape index (κ1) is 13.2. The van der Waals surface area contributed by atoms with Gasteiger partial charge in [0.2, 0.25) is 0 Å². The molecule has 0 saturated carbocycles. The fraction of sp³-hybridized carbons (Fsp3) is 1.00. The molecule has 0 heterocycles. The Morgan fingerprint density at radius 2 is 1.85 bits per heavy atom. The predicted molar refractivity (Wildman–Crippen MR) is 49.0 cm³/mol. The molecule has 1 nitrogen and oxygen atoms in total. The van der Waals surface area contributed by atoms with Crippen LogP contribution in [0.25, 0.3) is 0 Å². The van der Waals surface area contributed by atoms with E-state index in [0.717, 1.165) is 6.42 Å². The summed E-state index contributed by atoms with van der Waals surface area (Å²) < 4.78 is 40.6. The van der Waals surface area contributed by atoms with Gasteiger partial charge in [-0.15, -0.1) is 0 Å². The Kier molecular flexibility index (Phi) is 5.96. The lowest BCUT2D eigenvalue weighted by atomic mass is 10.1. The fourth-order valence-electron chi connectivity index (χ4n) is 0.600. The normalized spacial score (nSPS) is 15.0. The van der Waals surface area contributed by atoms with E-state index in [1.807, 2.05) is 13.8 Å². The largest absolute Gasteiger partial charge is 0.403 e. The minimum atomic E-state index is -4.21. The molecule has 0 N–H and O–H groups in total. The zero-order chi connectivity index (χ0) is 10.5. The summed E-state index contributed by atoms with van der Waals surface area (Å²) in [7, 11) is 0. The highest BCUT2D eigenvalue weighted by Gasteiger charge is 2.37. The maximum Gasteiger partial charge on any atom is 0.403 e. The molecule has 0 saturated heterocycles. The third-order valence-corrected chi connectivity index (χ3v) is 2.24. The molecule has 0 aliphatic carbocycles. The standard InChI is InChI=1S/C8H14BrF3O/c1-6(2)3-4-13-5-7(9)8(10,11)12/h6-7H,3-5H2,1-2H3. The number of halogens is 4. The highest BCUT2D eigenvalue weighted by atomic mass is 79.9. The molecule has 0 spiro atoms. The number of alkyl halides is 4. The first-order valence-corrected chi connectivity index (χ1v) is 5.04. The summed E-state index contributed by atoms with van der Waals surface area (Å²) in [5.74, 6) is 0.458. The van der Waals surface area contributed by atoms with Crippen LogP contribution in [0.3, 0.4) is 0 Å². The molecule has 0 aromatic carbocycles. The highest BCUT2D eigenvalue weighted by Crippen LogP contribution is 2.26. The van der Waals surface area contributed by atoms with Crippen LogP contribution in [0.1, 0.15) is 20.3 Å². The van der Waals surface area contributed by atoms with Crippen LogP contribution >= 0.6 is 15.9 Å². The van der Waals surface area contributed by atoms with Crippen LogP contribution in [0.4, 0.5) is 13.2 Å². The predicted octanol–water partition coefficient (Wildman–Crippen LogP) is 3.37. The molecule has 5 heteroatoms. The minimum absolute atomic E-state index is 0.309. The van der Waals surface area contributed by atoms with Crippen molar-refractivity contribution in [1.29, 1.82) is 0 Å². The second-order valence-electron chi connectivity index (χ2n) is 3.27. The van der Waals surface area contributed by atoms with E-state index in [0.29, 0.717) is 12.5 Å². The van der Waals surface area contributed by atoms with Crippen molar-refractivity contribution in [2.75, 3.05) is 13.2 Å². The molecule has 0 aliphatic rings. The van der Waals surface area contributed by atoms with Crippen LogP contribution in [0, 0.1) is 5.92 Å². The molecule has 0 fully saturated rings. The lowest BCUT2D eigenvalue weighted by molar-refractivity contribution is -0.137. The van der Waals surface area contributed by atoms with Gasteiger partial charge in [-0.3, -0.25) is 0 Å². The van der Waals surface area contributed by atoms with Crippen molar-refractivity contribution in [3.05, 3.63) is 0 Å². The van der Waals surface area contributed by atoms with Gasteiger partial charge in [-0.2, -0.15) is 13.2 Å². The van der Waals surface area contributed by atoms with Crippen molar-refractivity contribution in [2.24, 2.45) is 5.92 Å². The molecule has 0 bridgehead atoms. The van der Waals surface area contributed by atoms with E-state index >= 15 is 0 Å². The quantitative estimate of drug-likeness (QED) is 0.545. The summed E-state index contributed by atoms with van der Waals surface area (Å²) >= 11 is 2.52. The van der Waals surface area contributed by atoms with Gasteiger partial charge in [-0.05, 0) is 12.3 Å². The summed E-state index contributed by atoms with van der Waals surface area (Å²) in [5.41, 5.74) is 0. The molecule has 0 aliphatic heterocycles. The average molecular weight is 263 g/mol. The zero-order valence-electron chi connectivity index (χ0n) is 7.70. The van der Waals surface area contributed by atoms with Gasteiger partial charge < -0.3 is 4.74 Å². The highest BCUT2D eigenvalue weighted by molar-refractivity contribution is 9.09. The van der Waals surface area contributed by atoms with Crippen LogP contribution in [-0.4, -0.2) is 24.2 Å². The molecular weight excluding hydrogens is 249 g/mol. The van der Waals surface area contributed by atoms with Crippen LogP contribution in [0.5, 0.6) is 0 Å². The summed E-state index contributed by atoms with van der Waals surface area (Å²) in [4.78, 5) is -1.55. The van der Waals surface area contributed by atoms with Gasteiger partial charge in [-0.25, -0.2) is 0 Å². The van der Waals surface area contributed by atoms with Gasteiger partial charge in [0.15, 0.2) is 0 Å². The van der Waals surface area contributed by atoms with Crippen LogP contribution in [0.2, 0.25) is 0 Å². The average Bonchev–Trinajstić information content (AvgIpc) is 1.95. The van der Waals surface area contributed by atoms with Crippen molar-refractivity contribution in [3.8, 4) is 0 Å². The zero-order valence-corrected chi connectivity index (χ0v) is 9.28. The molecule has 0 aromatic rings. The first-order chi connectivity index (χ1) is 5.84. The van der Waals surface area contributed by atoms with E-state index in [2.05, 4.69) is 15.9 Å². The van der Waals surface area contributed by atoms with Crippen molar-refractivity contribution in [1.82, 2.24) is 0 Å². The molecule has 13 heavy (non-hydrogen) atoms. The van der Waals surface area contributed by atoms with E-state index in [-0.39, 0.29) is 6.61 Å². The second-order valence-corrected chi connectivity index (χ2v) is 4.37. The van der Waals surface area contributed by atoms with Crippen molar-refractivity contribution in [3.63, 3.8) is 0 Å². The van der Waals surface area contributed by atoms with E-state index in [1.54, 1.807) is 0 Å². The summed E-state index contributed by atoms with van der Waals surface area (Å²) in [6.07, 6.45) is -3.42. The maximum absolute atomic E-state index is 11.9. The Bertz CT molecular complexity index is 136. The van der Waals surface area contributed by atoms with Crippen LogP contribution in [-0.2, 0) is 4.74 Å².